The van der Waals surface area contributed by atoms with Crippen LogP contribution in [0, 0.1) is 0 Å². The molecule has 0 saturated carbocycles. The van der Waals surface area contributed by atoms with Gasteiger partial charge in [0.1, 0.15) is 6.04 Å². The maximum absolute atomic E-state index is 12.1. The fourth-order valence-corrected chi connectivity index (χ4v) is 3.08. The Bertz CT molecular complexity index is 989. The minimum Gasteiger partial charge on any atom is -0.493 e. The number of nitrogens with one attached hydrogen (secondary N) is 2. The van der Waals surface area contributed by atoms with Crippen molar-refractivity contribution in [1.29, 1.82) is 0 Å². The van der Waals surface area contributed by atoms with Crippen molar-refractivity contribution in [3.63, 3.8) is 0 Å². The normalized spacial score (nSPS) is 14.6. The number of benzene rings is 2. The van der Waals surface area contributed by atoms with E-state index < -0.39 is 23.8 Å². The molecule has 2 aromatic carbocycles. The molecule has 9 heteroatoms. The molecule has 156 valence electrons. The summed E-state index contributed by atoms with van der Waals surface area (Å²) in [6.45, 7) is 0.345. The van der Waals surface area contributed by atoms with Gasteiger partial charge >= 0.3 is 11.8 Å². The van der Waals surface area contributed by atoms with Gasteiger partial charge in [-0.15, -0.1) is 5.11 Å². The van der Waals surface area contributed by atoms with Gasteiger partial charge in [0.05, 0.1) is 14.2 Å². The van der Waals surface area contributed by atoms with Gasteiger partial charge in [0.2, 0.25) is 0 Å². The highest BCUT2D eigenvalue weighted by atomic mass is 16.5. The zero-order valence-corrected chi connectivity index (χ0v) is 16.7. The molecule has 0 aromatic heterocycles. The first-order valence-electron chi connectivity index (χ1n) is 9.34. The number of ether oxygens (including phenoxy) is 2. The van der Waals surface area contributed by atoms with E-state index in [4.69, 9.17) is 9.47 Å². The molecule has 1 heterocycles. The average Bonchev–Trinajstić information content (AvgIpc) is 2.78. The van der Waals surface area contributed by atoms with Gasteiger partial charge < -0.3 is 20.1 Å². The van der Waals surface area contributed by atoms with E-state index in [-0.39, 0.29) is 13.1 Å². The number of rotatable bonds is 7. The maximum Gasteiger partial charge on any atom is 0.309 e. The third-order valence-corrected chi connectivity index (χ3v) is 4.65. The Kier molecular flexibility index (Phi) is 6.74. The standard InChI is InChI=1S/C21H22N4O5/c1-29-17-8-7-13(11-18(17)30-2)9-10-22-20(27)21(28)23-12-16-14-5-3-4-6-15(14)19(26)25-24-16/h3-8,11,16H,9-10,12H2,1-2H3,(H,22,27)(H,23,28). The van der Waals surface area contributed by atoms with Crippen LogP contribution >= 0.6 is 0 Å². The van der Waals surface area contributed by atoms with Gasteiger partial charge in [-0.25, -0.2) is 0 Å². The number of hydrogen-bond acceptors (Lipinski definition) is 6. The molecule has 1 aliphatic rings. The van der Waals surface area contributed by atoms with Crippen molar-refractivity contribution in [2.45, 2.75) is 12.5 Å². The lowest BCUT2D eigenvalue weighted by atomic mass is 9.99. The fourth-order valence-electron chi connectivity index (χ4n) is 3.08. The highest BCUT2D eigenvalue weighted by Gasteiger charge is 2.24. The van der Waals surface area contributed by atoms with Crippen LogP contribution in [0.5, 0.6) is 11.5 Å². The largest absolute Gasteiger partial charge is 0.493 e. The van der Waals surface area contributed by atoms with Crippen LogP contribution in [0.15, 0.2) is 52.7 Å². The summed E-state index contributed by atoms with van der Waals surface area (Å²) >= 11 is 0. The second kappa shape index (κ2) is 9.64. The second-order valence-electron chi connectivity index (χ2n) is 6.53. The highest BCUT2D eigenvalue weighted by molar-refractivity contribution is 6.35. The number of hydrogen-bond donors (Lipinski definition) is 2. The van der Waals surface area contributed by atoms with Crippen LogP contribution in [0.4, 0.5) is 0 Å². The predicted octanol–water partition coefficient (Wildman–Crippen LogP) is 1.83. The Morgan fingerprint density at radius 2 is 1.73 bits per heavy atom. The Labute approximate surface area is 173 Å². The minimum absolute atomic E-state index is 0.0652. The number of fused-ring (bicyclic) bond motifs is 1. The summed E-state index contributed by atoms with van der Waals surface area (Å²) in [4.78, 5) is 35.9. The van der Waals surface area contributed by atoms with Gasteiger partial charge in [-0.3, -0.25) is 14.4 Å². The lowest BCUT2D eigenvalue weighted by molar-refractivity contribution is -0.139. The Morgan fingerprint density at radius 3 is 2.50 bits per heavy atom. The lowest BCUT2D eigenvalue weighted by Crippen LogP contribution is -2.42. The van der Waals surface area contributed by atoms with Crippen LogP contribution in [0.25, 0.3) is 0 Å². The zero-order chi connectivity index (χ0) is 21.5. The van der Waals surface area contributed by atoms with Gasteiger partial charge in [-0.05, 0) is 35.7 Å². The maximum atomic E-state index is 12.1. The van der Waals surface area contributed by atoms with Crippen LogP contribution in [0.1, 0.15) is 27.5 Å². The number of carbonyl (C=O) groups excluding carboxylic acids is 3. The van der Waals surface area contributed by atoms with E-state index in [2.05, 4.69) is 20.9 Å². The summed E-state index contributed by atoms with van der Waals surface area (Å²) < 4.78 is 10.4. The molecule has 2 N–H and O–H groups in total. The predicted molar refractivity (Wildman–Crippen MR) is 108 cm³/mol. The molecule has 1 aliphatic heterocycles. The van der Waals surface area contributed by atoms with Gasteiger partial charge in [-0.2, -0.15) is 5.11 Å². The minimum atomic E-state index is -0.771. The molecule has 0 aliphatic carbocycles. The average molecular weight is 410 g/mol. The van der Waals surface area contributed by atoms with Crippen molar-refractivity contribution in [3.8, 4) is 11.5 Å². The second-order valence-corrected chi connectivity index (χ2v) is 6.53. The van der Waals surface area contributed by atoms with Crippen molar-refractivity contribution < 1.29 is 23.9 Å². The lowest BCUT2D eigenvalue weighted by Gasteiger charge is -2.18. The number of methoxy groups -OCH3 is 2. The number of carbonyl (C=O) groups is 3. The summed E-state index contributed by atoms with van der Waals surface area (Å²) in [5.74, 6) is -0.715. The van der Waals surface area contributed by atoms with Crippen LogP contribution < -0.4 is 20.1 Å². The Hall–Kier alpha value is -3.75. The SMILES string of the molecule is COc1ccc(CCNC(=O)C(=O)NCC2N=NC(=O)c3ccccc32)cc1OC. The molecule has 3 rings (SSSR count). The van der Waals surface area contributed by atoms with Crippen molar-refractivity contribution in [1.82, 2.24) is 10.6 Å². The summed E-state index contributed by atoms with van der Waals surface area (Å²) in [5.41, 5.74) is 2.05. The topological polar surface area (TPSA) is 118 Å². The molecule has 1 atom stereocenters. The molecule has 9 nitrogen and oxygen atoms in total. The molecule has 0 radical (unpaired) electrons. The van der Waals surface area contributed by atoms with Crippen molar-refractivity contribution in [2.75, 3.05) is 27.3 Å². The Morgan fingerprint density at radius 1 is 1.00 bits per heavy atom. The molecule has 0 spiro atoms. The summed E-state index contributed by atoms with van der Waals surface area (Å²) in [7, 11) is 3.11. The van der Waals surface area contributed by atoms with Gasteiger partial charge in [0, 0.05) is 18.7 Å². The molecule has 3 amide bonds. The van der Waals surface area contributed by atoms with Crippen LogP contribution in [-0.4, -0.2) is 45.0 Å². The molecule has 0 bridgehead atoms. The molecule has 30 heavy (non-hydrogen) atoms. The van der Waals surface area contributed by atoms with Crippen LogP contribution in [0.3, 0.4) is 0 Å². The first-order valence-corrected chi connectivity index (χ1v) is 9.34. The monoisotopic (exact) mass is 410 g/mol. The molecule has 0 saturated heterocycles. The molecule has 2 aromatic rings. The summed E-state index contributed by atoms with van der Waals surface area (Å²) in [5, 5.41) is 12.6. The number of amides is 3. The third kappa shape index (κ3) is 4.80. The van der Waals surface area contributed by atoms with Gasteiger partial charge in [-0.1, -0.05) is 24.3 Å². The first-order chi connectivity index (χ1) is 14.5. The van der Waals surface area contributed by atoms with Crippen molar-refractivity contribution >= 4 is 17.7 Å². The quantitative estimate of drug-likeness (QED) is 0.675. The van der Waals surface area contributed by atoms with E-state index >= 15 is 0 Å². The fraction of sp³-hybridized carbons (Fsp3) is 0.286. The number of azo groups is 1. The summed E-state index contributed by atoms with van der Waals surface area (Å²) in [6.07, 6.45) is 0.520. The third-order valence-electron chi connectivity index (χ3n) is 4.65. The van der Waals surface area contributed by atoms with Crippen molar-refractivity contribution in [3.05, 3.63) is 59.2 Å². The Balaban J connectivity index is 1.48. The number of nitrogens with zero attached hydrogens (tertiary/aromatic N) is 2. The molecule has 1 unspecified atom stereocenters. The van der Waals surface area contributed by atoms with Crippen LogP contribution in [0.2, 0.25) is 0 Å². The van der Waals surface area contributed by atoms with E-state index in [1.54, 1.807) is 44.6 Å². The first kappa shape index (κ1) is 21.0. The van der Waals surface area contributed by atoms with E-state index in [1.165, 1.54) is 0 Å². The van der Waals surface area contributed by atoms with E-state index in [1.807, 2.05) is 12.1 Å². The molecular weight excluding hydrogens is 388 g/mol. The van der Waals surface area contributed by atoms with Gasteiger partial charge in [0.15, 0.2) is 11.5 Å². The van der Waals surface area contributed by atoms with E-state index in [0.29, 0.717) is 29.0 Å². The van der Waals surface area contributed by atoms with E-state index in [9.17, 15) is 14.4 Å². The van der Waals surface area contributed by atoms with Crippen molar-refractivity contribution in [2.24, 2.45) is 10.2 Å². The van der Waals surface area contributed by atoms with Crippen LogP contribution in [-0.2, 0) is 16.0 Å². The zero-order valence-electron chi connectivity index (χ0n) is 16.7. The van der Waals surface area contributed by atoms with E-state index in [0.717, 1.165) is 5.56 Å². The van der Waals surface area contributed by atoms with Gasteiger partial charge in [0.25, 0.3) is 5.91 Å². The molecule has 0 fully saturated rings. The molecular formula is C21H22N4O5. The summed E-state index contributed by atoms with van der Waals surface area (Å²) in [6, 6.07) is 11.9. The smallest absolute Gasteiger partial charge is 0.309 e. The highest BCUT2D eigenvalue weighted by Crippen LogP contribution is 2.28.